The number of benzene rings is 2. The van der Waals surface area contributed by atoms with E-state index in [0.717, 1.165) is 24.0 Å². The van der Waals surface area contributed by atoms with Crippen LogP contribution in [0.5, 0.6) is 11.5 Å². The lowest BCUT2D eigenvalue weighted by Gasteiger charge is -2.25. The van der Waals surface area contributed by atoms with E-state index in [4.69, 9.17) is 14.2 Å². The molecule has 0 N–H and O–H groups in total. The van der Waals surface area contributed by atoms with Crippen molar-refractivity contribution in [3.63, 3.8) is 0 Å². The Hall–Kier alpha value is -3.65. The predicted molar refractivity (Wildman–Crippen MR) is 159 cm³/mol. The van der Waals surface area contributed by atoms with E-state index >= 15 is 0 Å². The number of nitrogens with zero attached hydrogens (tertiary/aromatic N) is 2. The van der Waals surface area contributed by atoms with Crippen molar-refractivity contribution in [1.82, 2.24) is 4.57 Å². The number of unbranched alkanes of at least 4 members (excludes halogenated alkanes) is 1. The first-order valence-electron chi connectivity index (χ1n) is 14.0. The molecule has 0 radical (unpaired) electrons. The Morgan fingerprint density at radius 3 is 2.45 bits per heavy atom. The van der Waals surface area contributed by atoms with E-state index in [9.17, 15) is 9.59 Å². The molecule has 7 nitrogen and oxygen atoms in total. The molecule has 212 valence electrons. The standard InChI is InChI=1S/C32H38N2O5S/c1-7-10-17-39-25-16-11-22(18-26(25)37-8-2)19-27-30(35)34-29(24-14-12-23(13-15-24)20(4)5)28(31(36)38-9-3)21(6)33-32(34)40-27/h11-16,18-20,29H,7-10,17H2,1-6H3. The summed E-state index contributed by atoms with van der Waals surface area (Å²) in [5, 5.41) is 0. The lowest BCUT2D eigenvalue weighted by molar-refractivity contribution is -0.139. The molecule has 8 heteroatoms. The van der Waals surface area contributed by atoms with Crippen LogP contribution in [0.1, 0.15) is 83.0 Å². The largest absolute Gasteiger partial charge is 0.490 e. The maximum absolute atomic E-state index is 13.9. The molecule has 0 spiro atoms. The topological polar surface area (TPSA) is 79.1 Å². The van der Waals surface area contributed by atoms with Crippen molar-refractivity contribution in [3.05, 3.63) is 90.1 Å². The maximum Gasteiger partial charge on any atom is 0.338 e. The molecule has 0 fully saturated rings. The Bertz CT molecular complexity index is 1560. The van der Waals surface area contributed by atoms with Crippen LogP contribution >= 0.6 is 11.3 Å². The van der Waals surface area contributed by atoms with Gasteiger partial charge in [-0.05, 0) is 68.0 Å². The number of hydrogen-bond acceptors (Lipinski definition) is 7. The fourth-order valence-electron chi connectivity index (χ4n) is 4.65. The van der Waals surface area contributed by atoms with Gasteiger partial charge in [0.25, 0.3) is 5.56 Å². The molecule has 4 rings (SSSR count). The second kappa shape index (κ2) is 13.1. The van der Waals surface area contributed by atoms with Gasteiger partial charge in [-0.2, -0.15) is 0 Å². The maximum atomic E-state index is 13.9. The third-order valence-electron chi connectivity index (χ3n) is 6.76. The summed E-state index contributed by atoms with van der Waals surface area (Å²) in [6, 6.07) is 13.1. The average molecular weight is 563 g/mol. The zero-order chi connectivity index (χ0) is 28.8. The first-order valence-corrected chi connectivity index (χ1v) is 14.8. The normalized spacial score (nSPS) is 15.2. The van der Waals surface area contributed by atoms with Crippen molar-refractivity contribution in [2.45, 2.75) is 66.3 Å². The van der Waals surface area contributed by atoms with Crippen LogP contribution in [-0.4, -0.2) is 30.4 Å². The van der Waals surface area contributed by atoms with Crippen molar-refractivity contribution in [2.24, 2.45) is 4.99 Å². The van der Waals surface area contributed by atoms with Crippen LogP contribution in [0.4, 0.5) is 0 Å². The van der Waals surface area contributed by atoms with Gasteiger partial charge in [0, 0.05) is 0 Å². The summed E-state index contributed by atoms with van der Waals surface area (Å²) in [6.45, 7) is 13.2. The van der Waals surface area contributed by atoms with Gasteiger partial charge in [-0.15, -0.1) is 0 Å². The monoisotopic (exact) mass is 562 g/mol. The zero-order valence-electron chi connectivity index (χ0n) is 24.2. The Morgan fingerprint density at radius 1 is 1.05 bits per heavy atom. The van der Waals surface area contributed by atoms with E-state index in [-0.39, 0.29) is 12.2 Å². The molecule has 0 amide bonds. The summed E-state index contributed by atoms with van der Waals surface area (Å²) >= 11 is 1.30. The summed E-state index contributed by atoms with van der Waals surface area (Å²) in [7, 11) is 0. The molecule has 40 heavy (non-hydrogen) atoms. The van der Waals surface area contributed by atoms with Gasteiger partial charge in [0.05, 0.1) is 41.7 Å². The number of thiazole rings is 1. The lowest BCUT2D eigenvalue weighted by atomic mass is 9.93. The number of aromatic nitrogens is 1. The van der Waals surface area contributed by atoms with Gasteiger partial charge >= 0.3 is 5.97 Å². The second-order valence-electron chi connectivity index (χ2n) is 9.96. The summed E-state index contributed by atoms with van der Waals surface area (Å²) in [6.07, 6.45) is 3.84. The van der Waals surface area contributed by atoms with E-state index in [0.29, 0.717) is 51.2 Å². The number of hydrogen-bond donors (Lipinski definition) is 0. The minimum absolute atomic E-state index is 0.211. The van der Waals surface area contributed by atoms with Crippen molar-refractivity contribution < 1.29 is 19.0 Å². The molecular formula is C32H38N2O5S. The second-order valence-corrected chi connectivity index (χ2v) is 11.0. The number of rotatable bonds is 11. The Labute approximate surface area is 239 Å². The van der Waals surface area contributed by atoms with Crippen molar-refractivity contribution in [1.29, 1.82) is 0 Å². The fourth-order valence-corrected chi connectivity index (χ4v) is 5.70. The number of fused-ring (bicyclic) bond motifs is 1. The third-order valence-corrected chi connectivity index (χ3v) is 7.74. The molecule has 2 aromatic carbocycles. The van der Waals surface area contributed by atoms with E-state index < -0.39 is 12.0 Å². The Kier molecular flexibility index (Phi) is 9.63. The number of carbonyl (C=O) groups is 1. The first kappa shape index (κ1) is 29.3. The molecule has 1 aliphatic rings. The van der Waals surface area contributed by atoms with Crippen LogP contribution in [0, 0.1) is 0 Å². The van der Waals surface area contributed by atoms with Crippen molar-refractivity contribution in [2.75, 3.05) is 19.8 Å². The van der Waals surface area contributed by atoms with Crippen LogP contribution in [0.2, 0.25) is 0 Å². The van der Waals surface area contributed by atoms with E-state index in [1.807, 2.05) is 55.5 Å². The van der Waals surface area contributed by atoms with Crippen LogP contribution in [0.25, 0.3) is 6.08 Å². The summed E-state index contributed by atoms with van der Waals surface area (Å²) in [5.41, 5.74) is 3.55. The van der Waals surface area contributed by atoms with E-state index in [2.05, 4.69) is 25.8 Å². The van der Waals surface area contributed by atoms with Gasteiger partial charge in [-0.25, -0.2) is 9.79 Å². The number of esters is 1. The number of allylic oxidation sites excluding steroid dienone is 1. The van der Waals surface area contributed by atoms with Crippen LogP contribution < -0.4 is 24.4 Å². The highest BCUT2D eigenvalue weighted by Gasteiger charge is 2.33. The van der Waals surface area contributed by atoms with Gasteiger partial charge in [0.1, 0.15) is 0 Å². The van der Waals surface area contributed by atoms with Crippen molar-refractivity contribution in [3.8, 4) is 11.5 Å². The highest BCUT2D eigenvalue weighted by molar-refractivity contribution is 7.07. The molecule has 0 aliphatic carbocycles. The molecule has 3 aromatic rings. The molecule has 1 aliphatic heterocycles. The summed E-state index contributed by atoms with van der Waals surface area (Å²) in [4.78, 5) is 32.3. The minimum atomic E-state index is -0.632. The van der Waals surface area contributed by atoms with Crippen molar-refractivity contribution >= 4 is 23.4 Å². The van der Waals surface area contributed by atoms with Crippen LogP contribution in [0.15, 0.2) is 63.5 Å². The molecule has 0 saturated carbocycles. The quantitative estimate of drug-likeness (QED) is 0.228. The van der Waals surface area contributed by atoms with Gasteiger partial charge in [0.15, 0.2) is 16.3 Å². The molecule has 0 saturated heterocycles. The molecular weight excluding hydrogens is 524 g/mol. The molecule has 0 bridgehead atoms. The van der Waals surface area contributed by atoms with Gasteiger partial charge < -0.3 is 14.2 Å². The Balaban J connectivity index is 1.83. The molecule has 2 heterocycles. The molecule has 1 unspecified atom stereocenters. The van der Waals surface area contributed by atoms with E-state index in [1.54, 1.807) is 18.4 Å². The molecule has 1 atom stereocenters. The smallest absolute Gasteiger partial charge is 0.338 e. The van der Waals surface area contributed by atoms with Gasteiger partial charge in [-0.3, -0.25) is 9.36 Å². The number of ether oxygens (including phenoxy) is 3. The van der Waals surface area contributed by atoms with Crippen LogP contribution in [0.3, 0.4) is 0 Å². The van der Waals surface area contributed by atoms with Gasteiger partial charge in [0.2, 0.25) is 0 Å². The van der Waals surface area contributed by atoms with Crippen LogP contribution in [-0.2, 0) is 9.53 Å². The summed E-state index contributed by atoms with van der Waals surface area (Å²) < 4.78 is 19.3. The zero-order valence-corrected chi connectivity index (χ0v) is 25.0. The highest BCUT2D eigenvalue weighted by atomic mass is 32.1. The van der Waals surface area contributed by atoms with Gasteiger partial charge in [-0.1, -0.05) is 68.9 Å². The predicted octanol–water partition coefficient (Wildman–Crippen LogP) is 5.50. The van der Waals surface area contributed by atoms with E-state index in [1.165, 1.54) is 16.9 Å². The summed E-state index contributed by atoms with van der Waals surface area (Å²) in [5.74, 6) is 1.23. The highest BCUT2D eigenvalue weighted by Crippen LogP contribution is 2.32. The number of carbonyl (C=O) groups excluding carboxylic acids is 1. The fraction of sp³-hybridized carbons (Fsp3) is 0.406. The SMILES string of the molecule is CCCCOc1ccc(C=c2sc3n(c2=O)C(c2ccc(C(C)C)cc2)C(C(=O)OCC)=C(C)N=3)cc1OCC. The molecule has 1 aromatic heterocycles. The third kappa shape index (κ3) is 6.22. The average Bonchev–Trinajstić information content (AvgIpc) is 3.23. The lowest BCUT2D eigenvalue weighted by Crippen LogP contribution is -2.39. The first-order chi connectivity index (χ1) is 19.3. The Morgan fingerprint density at radius 2 is 1.80 bits per heavy atom. The minimum Gasteiger partial charge on any atom is -0.490 e.